The maximum absolute atomic E-state index is 13.0. The molecule has 3 aliphatic rings. The lowest BCUT2D eigenvalue weighted by Gasteiger charge is -2.26. The van der Waals surface area contributed by atoms with Crippen molar-refractivity contribution in [2.45, 2.75) is 89.6 Å². The number of aliphatic imine (C=N–C) groups is 1. The molecule has 1 fully saturated rings. The van der Waals surface area contributed by atoms with Crippen molar-refractivity contribution < 1.29 is 4.79 Å². The number of nitrogens with zero attached hydrogens (tertiary/aromatic N) is 3. The highest BCUT2D eigenvalue weighted by molar-refractivity contribution is 5.94. The zero-order valence-electron chi connectivity index (χ0n) is 19.2. The summed E-state index contributed by atoms with van der Waals surface area (Å²) in [4.78, 5) is 22.2. The van der Waals surface area contributed by atoms with Crippen LogP contribution in [-0.2, 0) is 13.0 Å². The van der Waals surface area contributed by atoms with Crippen LogP contribution in [0.2, 0.25) is 0 Å². The van der Waals surface area contributed by atoms with Gasteiger partial charge in [0.05, 0.1) is 0 Å². The van der Waals surface area contributed by atoms with E-state index in [2.05, 4.69) is 39.5 Å². The van der Waals surface area contributed by atoms with E-state index < -0.39 is 0 Å². The van der Waals surface area contributed by atoms with Gasteiger partial charge in [-0.15, -0.1) is 0 Å². The third-order valence-corrected chi connectivity index (χ3v) is 7.12. The van der Waals surface area contributed by atoms with E-state index in [4.69, 9.17) is 0 Å². The predicted octanol–water partition coefficient (Wildman–Crippen LogP) is 5.14. The van der Waals surface area contributed by atoms with Crippen LogP contribution in [0.5, 0.6) is 0 Å². The smallest absolute Gasteiger partial charge is 0.345 e. The highest BCUT2D eigenvalue weighted by Gasteiger charge is 2.21. The van der Waals surface area contributed by atoms with Crippen LogP contribution in [0, 0.1) is 0 Å². The number of fused-ring (bicyclic) bond motifs is 5. The molecule has 1 aliphatic carbocycles. The molecule has 4 bridgehead atoms. The SMILES string of the molecule is O=C1/N=C(/NC2CCCCC2)CCN2CCN1CCCCCCCc1cccc(c1)C2. The first-order valence-electron chi connectivity index (χ1n) is 12.7. The van der Waals surface area contributed by atoms with Gasteiger partial charge in [-0.2, -0.15) is 4.99 Å². The average molecular weight is 425 g/mol. The van der Waals surface area contributed by atoms with E-state index in [1.807, 2.05) is 4.90 Å². The lowest BCUT2D eigenvalue weighted by atomic mass is 9.95. The number of amides is 2. The van der Waals surface area contributed by atoms with Gasteiger partial charge >= 0.3 is 6.03 Å². The van der Waals surface area contributed by atoms with Crippen LogP contribution in [0.15, 0.2) is 29.3 Å². The van der Waals surface area contributed by atoms with Gasteiger partial charge in [-0.05, 0) is 43.2 Å². The van der Waals surface area contributed by atoms with Gasteiger partial charge in [-0.3, -0.25) is 4.90 Å². The van der Waals surface area contributed by atoms with Crippen LogP contribution >= 0.6 is 0 Å². The Labute approximate surface area is 188 Å². The number of rotatable bonds is 1. The molecule has 2 aliphatic heterocycles. The fourth-order valence-electron chi connectivity index (χ4n) is 5.23. The number of aryl methyl sites for hydroxylation is 1. The first-order chi connectivity index (χ1) is 15.3. The quantitative estimate of drug-likeness (QED) is 0.679. The Balaban J connectivity index is 1.51. The zero-order valence-corrected chi connectivity index (χ0v) is 19.2. The minimum Gasteiger partial charge on any atom is -0.371 e. The van der Waals surface area contributed by atoms with E-state index in [1.54, 1.807) is 0 Å². The molecule has 170 valence electrons. The Bertz CT molecular complexity index is 741. The Morgan fingerprint density at radius 1 is 0.806 bits per heavy atom. The minimum absolute atomic E-state index is 0.0357. The molecule has 1 aromatic rings. The second-order valence-corrected chi connectivity index (χ2v) is 9.67. The van der Waals surface area contributed by atoms with Crippen molar-refractivity contribution in [3.8, 4) is 0 Å². The summed E-state index contributed by atoms with van der Waals surface area (Å²) in [5.74, 6) is 0.906. The van der Waals surface area contributed by atoms with Crippen molar-refractivity contribution in [3.63, 3.8) is 0 Å². The van der Waals surface area contributed by atoms with Gasteiger partial charge < -0.3 is 10.2 Å². The third kappa shape index (κ3) is 7.06. The lowest BCUT2D eigenvalue weighted by molar-refractivity contribution is 0.190. The van der Waals surface area contributed by atoms with Crippen LogP contribution in [0.4, 0.5) is 4.79 Å². The molecule has 0 radical (unpaired) electrons. The molecule has 0 spiro atoms. The minimum atomic E-state index is -0.0357. The Hall–Kier alpha value is -1.88. The van der Waals surface area contributed by atoms with Gasteiger partial charge in [0.2, 0.25) is 0 Å². The molecule has 1 aromatic carbocycles. The Morgan fingerprint density at radius 2 is 1.58 bits per heavy atom. The van der Waals surface area contributed by atoms with E-state index >= 15 is 0 Å². The first-order valence-corrected chi connectivity index (χ1v) is 12.7. The molecule has 1 atom stereocenters. The maximum atomic E-state index is 13.0. The molecule has 1 N–H and O–H groups in total. The number of urea groups is 1. The van der Waals surface area contributed by atoms with Crippen molar-refractivity contribution in [1.82, 2.24) is 15.1 Å². The van der Waals surface area contributed by atoms with E-state index in [0.29, 0.717) is 6.04 Å². The van der Waals surface area contributed by atoms with Gasteiger partial charge in [0.1, 0.15) is 5.84 Å². The second kappa shape index (κ2) is 11.7. The van der Waals surface area contributed by atoms with Crippen molar-refractivity contribution in [1.29, 1.82) is 0 Å². The number of nitrogens with one attached hydrogen (secondary N) is 1. The topological polar surface area (TPSA) is 47.9 Å². The van der Waals surface area contributed by atoms with Gasteiger partial charge in [-0.1, -0.05) is 62.8 Å². The zero-order chi connectivity index (χ0) is 21.3. The molecule has 1 saturated carbocycles. The highest BCUT2D eigenvalue weighted by Crippen LogP contribution is 2.19. The van der Waals surface area contributed by atoms with Crippen molar-refractivity contribution in [2.75, 3.05) is 26.2 Å². The summed E-state index contributed by atoms with van der Waals surface area (Å²) >= 11 is 0. The monoisotopic (exact) mass is 424 g/mol. The summed E-state index contributed by atoms with van der Waals surface area (Å²) in [6, 6.07) is 9.59. The van der Waals surface area contributed by atoms with Gasteiger partial charge in [0, 0.05) is 45.2 Å². The van der Waals surface area contributed by atoms with Gasteiger partial charge in [0.25, 0.3) is 0 Å². The number of amidine groups is 1. The summed E-state index contributed by atoms with van der Waals surface area (Å²) in [5, 5.41) is 3.66. The summed E-state index contributed by atoms with van der Waals surface area (Å²) in [6.07, 6.45) is 14.4. The number of carbonyl (C=O) groups excluding carboxylic acids is 1. The summed E-state index contributed by atoms with van der Waals surface area (Å²) < 4.78 is 0. The molecule has 2 amide bonds. The fourth-order valence-corrected chi connectivity index (χ4v) is 5.23. The number of carbonyl (C=O) groups is 1. The second-order valence-electron chi connectivity index (χ2n) is 9.67. The standard InChI is InChI=1S/C26H40N4O/c31-26-28-25(27-24-13-6-4-7-14-24)15-17-29-18-19-30(26)16-8-3-1-2-5-10-22-11-9-12-23(20-22)21-29/h9,11-12,20,24H,1-8,10,13-19,21H2,(H,27,28,31). The number of hydrogen-bond acceptors (Lipinski definition) is 3. The summed E-state index contributed by atoms with van der Waals surface area (Å²) in [5.41, 5.74) is 2.86. The normalized spacial score (nSPS) is 26.6. The predicted molar refractivity (Wildman–Crippen MR) is 128 cm³/mol. The van der Waals surface area contributed by atoms with E-state index in [-0.39, 0.29) is 6.03 Å². The van der Waals surface area contributed by atoms with Crippen molar-refractivity contribution in [2.24, 2.45) is 4.99 Å². The molecule has 4 rings (SSSR count). The number of benzene rings is 1. The maximum Gasteiger partial charge on any atom is 0.345 e. The molecular weight excluding hydrogens is 384 g/mol. The summed E-state index contributed by atoms with van der Waals surface area (Å²) in [7, 11) is 0. The van der Waals surface area contributed by atoms with E-state index in [9.17, 15) is 4.79 Å². The van der Waals surface area contributed by atoms with Crippen LogP contribution in [-0.4, -0.2) is 53.9 Å². The average Bonchev–Trinajstić information content (AvgIpc) is 2.84. The molecular formula is C26H40N4O. The van der Waals surface area contributed by atoms with Crippen LogP contribution in [0.25, 0.3) is 0 Å². The molecule has 0 aromatic heterocycles. The Kier molecular flexibility index (Phi) is 8.39. The molecule has 0 saturated heterocycles. The molecule has 5 nitrogen and oxygen atoms in total. The highest BCUT2D eigenvalue weighted by atomic mass is 16.2. The molecule has 1 unspecified atom stereocenters. The van der Waals surface area contributed by atoms with Crippen molar-refractivity contribution >= 4 is 11.9 Å². The van der Waals surface area contributed by atoms with Crippen LogP contribution < -0.4 is 5.32 Å². The first kappa shape index (κ1) is 22.3. The van der Waals surface area contributed by atoms with E-state index in [1.165, 1.54) is 75.3 Å². The third-order valence-electron chi connectivity index (χ3n) is 7.12. The van der Waals surface area contributed by atoms with Crippen LogP contribution in [0.1, 0.15) is 81.8 Å². The largest absolute Gasteiger partial charge is 0.371 e. The van der Waals surface area contributed by atoms with Gasteiger partial charge in [0.15, 0.2) is 0 Å². The van der Waals surface area contributed by atoms with Crippen LogP contribution in [0.3, 0.4) is 0 Å². The van der Waals surface area contributed by atoms with Crippen molar-refractivity contribution in [3.05, 3.63) is 35.4 Å². The fraction of sp³-hybridized carbons (Fsp3) is 0.692. The van der Waals surface area contributed by atoms with E-state index in [0.717, 1.165) is 51.4 Å². The Morgan fingerprint density at radius 3 is 2.48 bits per heavy atom. The molecule has 2 heterocycles. The summed E-state index contributed by atoms with van der Waals surface area (Å²) in [6.45, 7) is 4.43. The molecule has 31 heavy (non-hydrogen) atoms. The molecule has 5 heteroatoms. The lowest BCUT2D eigenvalue weighted by Crippen LogP contribution is -2.38. The van der Waals surface area contributed by atoms with Gasteiger partial charge in [-0.25, -0.2) is 4.79 Å². The number of hydrogen-bond donors (Lipinski definition) is 1.